The Morgan fingerprint density at radius 1 is 0.684 bits per heavy atom. The molecule has 2 aromatic rings. The third-order valence-electron chi connectivity index (χ3n) is 6.44. The van der Waals surface area contributed by atoms with Gasteiger partial charge < -0.3 is 20.9 Å². The minimum Gasteiger partial charge on any atom is -0.508 e. The van der Waals surface area contributed by atoms with Crippen molar-refractivity contribution >= 4 is 11.8 Å². The van der Waals surface area contributed by atoms with E-state index in [1.165, 1.54) is 89.9 Å². The summed E-state index contributed by atoms with van der Waals surface area (Å²) in [5.74, 6) is 1.16. The number of primary amides is 1. The van der Waals surface area contributed by atoms with Crippen LogP contribution in [0.25, 0.3) is 0 Å². The van der Waals surface area contributed by atoms with Gasteiger partial charge in [-0.3, -0.25) is 9.59 Å². The Morgan fingerprint density at radius 2 is 1.08 bits per heavy atom. The van der Waals surface area contributed by atoms with Crippen LogP contribution in [0.5, 0.6) is 17.2 Å². The second kappa shape index (κ2) is 22.0. The lowest BCUT2D eigenvalue weighted by atomic mass is 10.0. The molecular weight excluding hydrogens is 476 g/mol. The van der Waals surface area contributed by atoms with Crippen LogP contribution in [0.15, 0.2) is 48.5 Å². The fourth-order valence-corrected chi connectivity index (χ4v) is 4.14. The molecule has 0 fully saturated rings. The Kier molecular flexibility index (Phi) is 19.1. The number of nitrogens with two attached hydrogens (primary N) is 1. The third kappa shape index (κ3) is 17.4. The summed E-state index contributed by atoms with van der Waals surface area (Å²) in [7, 11) is 1.59. The molecule has 212 valence electrons. The average molecular weight is 527 g/mol. The molecular formula is C32H50N2O4. The Balaban J connectivity index is 0.000000381. The largest absolute Gasteiger partial charge is 0.508 e. The smallest absolute Gasteiger partial charge is 0.251 e. The van der Waals surface area contributed by atoms with Gasteiger partial charge in [0.2, 0.25) is 5.91 Å². The van der Waals surface area contributed by atoms with Gasteiger partial charge in [-0.2, -0.15) is 0 Å². The lowest BCUT2D eigenvalue weighted by Gasteiger charge is -2.06. The van der Waals surface area contributed by atoms with Crippen molar-refractivity contribution in [2.45, 2.75) is 110 Å². The molecule has 0 aliphatic carbocycles. The maximum absolute atomic E-state index is 11.3. The van der Waals surface area contributed by atoms with Crippen LogP contribution in [-0.2, 0) is 4.79 Å². The van der Waals surface area contributed by atoms with Crippen LogP contribution in [-0.4, -0.2) is 24.0 Å². The van der Waals surface area contributed by atoms with Gasteiger partial charge in [-0.25, -0.2) is 0 Å². The van der Waals surface area contributed by atoms with Crippen LogP contribution in [0.2, 0.25) is 0 Å². The fraction of sp³-hybridized carbons (Fsp3) is 0.562. The molecule has 0 saturated carbocycles. The van der Waals surface area contributed by atoms with Crippen molar-refractivity contribution < 1.29 is 19.4 Å². The van der Waals surface area contributed by atoms with Gasteiger partial charge in [0.1, 0.15) is 17.2 Å². The minimum absolute atomic E-state index is 0.133. The molecule has 4 N–H and O–H groups in total. The van der Waals surface area contributed by atoms with E-state index in [-0.39, 0.29) is 17.6 Å². The molecule has 6 nitrogen and oxygen atoms in total. The monoisotopic (exact) mass is 526 g/mol. The second-order valence-electron chi connectivity index (χ2n) is 9.87. The molecule has 0 saturated heterocycles. The first-order valence-corrected chi connectivity index (χ1v) is 14.5. The van der Waals surface area contributed by atoms with Crippen molar-refractivity contribution in [2.24, 2.45) is 5.73 Å². The van der Waals surface area contributed by atoms with Crippen LogP contribution < -0.4 is 15.8 Å². The number of carbonyl (C=O) groups excluding carboxylic acids is 2. The zero-order valence-electron chi connectivity index (χ0n) is 23.7. The van der Waals surface area contributed by atoms with Crippen molar-refractivity contribution in [2.75, 3.05) is 7.05 Å². The number of rotatable bonds is 19. The molecule has 0 aromatic heterocycles. The lowest BCUT2D eigenvalue weighted by molar-refractivity contribution is -0.118. The summed E-state index contributed by atoms with van der Waals surface area (Å²) in [5, 5.41) is 11.7. The molecule has 2 amide bonds. The summed E-state index contributed by atoms with van der Waals surface area (Å²) < 4.78 is 5.56. The second-order valence-corrected chi connectivity index (χ2v) is 9.87. The van der Waals surface area contributed by atoms with E-state index in [0.29, 0.717) is 23.5 Å². The maximum Gasteiger partial charge on any atom is 0.251 e. The van der Waals surface area contributed by atoms with Gasteiger partial charge in [0.25, 0.3) is 5.91 Å². The number of nitrogens with one attached hydrogen (secondary N) is 1. The summed E-state index contributed by atoms with van der Waals surface area (Å²) in [6.07, 6.45) is 20.9. The number of ether oxygens (including phenoxy) is 1. The first-order valence-electron chi connectivity index (χ1n) is 14.5. The number of phenolic OH excluding ortho intramolecular Hbond substituents is 1. The molecule has 0 spiro atoms. The number of unbranched alkanes of at least 4 members (excludes halogenated alkanes) is 14. The number of hydrogen-bond donors (Lipinski definition) is 3. The van der Waals surface area contributed by atoms with Gasteiger partial charge in [-0.1, -0.05) is 96.8 Å². The van der Waals surface area contributed by atoms with Crippen molar-refractivity contribution in [3.63, 3.8) is 0 Å². The number of hydrogen-bond acceptors (Lipinski definition) is 4. The summed E-state index contributed by atoms with van der Waals surface area (Å²) in [4.78, 5) is 21.9. The normalized spacial score (nSPS) is 10.4. The highest BCUT2D eigenvalue weighted by Crippen LogP contribution is 2.23. The first kappa shape index (κ1) is 33.0. The van der Waals surface area contributed by atoms with Gasteiger partial charge in [0.15, 0.2) is 0 Å². The molecule has 2 rings (SSSR count). The number of benzene rings is 2. The lowest BCUT2D eigenvalue weighted by Crippen LogP contribution is -2.17. The predicted molar refractivity (Wildman–Crippen MR) is 157 cm³/mol. The molecule has 0 bridgehead atoms. The topological polar surface area (TPSA) is 102 Å². The van der Waals surface area contributed by atoms with Crippen molar-refractivity contribution in [3.8, 4) is 17.2 Å². The van der Waals surface area contributed by atoms with E-state index in [0.717, 1.165) is 6.42 Å². The first-order chi connectivity index (χ1) is 18.5. The molecule has 0 aliphatic rings. The Morgan fingerprint density at radius 3 is 1.47 bits per heavy atom. The zero-order valence-corrected chi connectivity index (χ0v) is 23.7. The van der Waals surface area contributed by atoms with Crippen LogP contribution in [0.4, 0.5) is 0 Å². The van der Waals surface area contributed by atoms with Crippen LogP contribution in [0.1, 0.15) is 120 Å². The fourth-order valence-electron chi connectivity index (χ4n) is 4.14. The number of aromatic hydroxyl groups is 1. The van der Waals surface area contributed by atoms with Crippen LogP contribution >= 0.6 is 0 Å². The van der Waals surface area contributed by atoms with E-state index in [1.54, 1.807) is 55.6 Å². The van der Waals surface area contributed by atoms with E-state index < -0.39 is 0 Å². The standard InChI is InChI=1S/C18H37NO.C14H13NO3/c1-2-3-4-5-6-7-8-9-10-11-12-13-14-15-16-17-18(19)20;1-15-14(17)10-2-6-12(7-3-10)18-13-8-4-11(16)5-9-13/h2-17H2,1H3,(H2,19,20);2-9,16H,1H3,(H,15,17). The van der Waals surface area contributed by atoms with Gasteiger partial charge in [0.05, 0.1) is 0 Å². The highest BCUT2D eigenvalue weighted by atomic mass is 16.5. The van der Waals surface area contributed by atoms with Crippen LogP contribution in [0.3, 0.4) is 0 Å². The average Bonchev–Trinajstić information content (AvgIpc) is 2.92. The predicted octanol–water partition coefficient (Wildman–Crippen LogP) is 8.28. The number of amides is 2. The number of phenols is 1. The van der Waals surface area contributed by atoms with Crippen molar-refractivity contribution in [3.05, 3.63) is 54.1 Å². The minimum atomic E-state index is -0.153. The highest BCUT2D eigenvalue weighted by molar-refractivity contribution is 5.94. The van der Waals surface area contributed by atoms with E-state index in [4.69, 9.17) is 15.6 Å². The third-order valence-corrected chi connectivity index (χ3v) is 6.44. The molecule has 38 heavy (non-hydrogen) atoms. The Bertz CT molecular complexity index is 866. The van der Waals surface area contributed by atoms with Crippen LogP contribution in [0, 0.1) is 0 Å². The van der Waals surface area contributed by atoms with E-state index in [1.807, 2.05) is 0 Å². The molecule has 0 radical (unpaired) electrons. The van der Waals surface area contributed by atoms with Gasteiger partial charge >= 0.3 is 0 Å². The van der Waals surface area contributed by atoms with Gasteiger partial charge in [-0.05, 0) is 55.0 Å². The van der Waals surface area contributed by atoms with Gasteiger partial charge in [0, 0.05) is 19.0 Å². The van der Waals surface area contributed by atoms with E-state index in [9.17, 15) is 9.59 Å². The molecule has 0 aliphatic heterocycles. The Hall–Kier alpha value is -3.02. The summed E-state index contributed by atoms with van der Waals surface area (Å²) in [6.45, 7) is 2.28. The summed E-state index contributed by atoms with van der Waals surface area (Å²) >= 11 is 0. The zero-order chi connectivity index (χ0) is 27.8. The summed E-state index contributed by atoms with van der Waals surface area (Å²) in [5.41, 5.74) is 5.69. The van der Waals surface area contributed by atoms with E-state index >= 15 is 0 Å². The molecule has 2 aromatic carbocycles. The Labute approximate surface area is 230 Å². The SMILES string of the molecule is CCCCCCCCCCCCCCCCCC(N)=O.CNC(=O)c1ccc(Oc2ccc(O)cc2)cc1. The highest BCUT2D eigenvalue weighted by Gasteiger charge is 2.03. The number of carbonyl (C=O) groups is 2. The molecule has 0 heterocycles. The molecule has 0 atom stereocenters. The summed E-state index contributed by atoms with van der Waals surface area (Å²) in [6, 6.07) is 13.3. The molecule has 0 unspecified atom stereocenters. The van der Waals surface area contributed by atoms with Gasteiger partial charge in [-0.15, -0.1) is 0 Å². The molecule has 6 heteroatoms. The van der Waals surface area contributed by atoms with E-state index in [2.05, 4.69) is 12.2 Å². The maximum atomic E-state index is 11.3. The quantitative estimate of drug-likeness (QED) is 0.160. The van der Waals surface area contributed by atoms with Crippen molar-refractivity contribution in [1.82, 2.24) is 5.32 Å². The van der Waals surface area contributed by atoms with Crippen molar-refractivity contribution in [1.29, 1.82) is 0 Å².